The highest BCUT2D eigenvalue weighted by Crippen LogP contribution is 2.19. The van der Waals surface area contributed by atoms with Crippen molar-refractivity contribution in [1.29, 1.82) is 0 Å². The number of hydrogen-bond acceptors (Lipinski definition) is 3. The Kier molecular flexibility index (Phi) is 4.11. The van der Waals surface area contributed by atoms with E-state index in [-0.39, 0.29) is 17.9 Å². The molecule has 0 atom stereocenters. The van der Waals surface area contributed by atoms with Crippen molar-refractivity contribution in [3.63, 3.8) is 0 Å². The lowest BCUT2D eigenvalue weighted by Gasteiger charge is -2.07. The highest BCUT2D eigenvalue weighted by atomic mass is 79.9. The van der Waals surface area contributed by atoms with Gasteiger partial charge in [-0.3, -0.25) is 4.98 Å². The zero-order chi connectivity index (χ0) is 13.8. The molecule has 0 aliphatic rings. The van der Waals surface area contributed by atoms with Crippen LogP contribution < -0.4 is 4.74 Å². The van der Waals surface area contributed by atoms with Crippen LogP contribution >= 0.6 is 15.9 Å². The average Bonchev–Trinajstić information content (AvgIpc) is 2.39. The van der Waals surface area contributed by atoms with Crippen molar-refractivity contribution in [3.05, 3.63) is 58.1 Å². The number of halogens is 2. The maximum Gasteiger partial charge on any atom is 0.335 e. The Labute approximate surface area is 117 Å². The molecule has 1 aromatic carbocycles. The molecule has 1 heterocycles. The quantitative estimate of drug-likeness (QED) is 0.937. The second-order valence-corrected chi connectivity index (χ2v) is 4.62. The largest absolute Gasteiger partial charge is 0.484 e. The van der Waals surface area contributed by atoms with Gasteiger partial charge in [0.25, 0.3) is 0 Å². The third-order valence-electron chi connectivity index (χ3n) is 2.34. The fraction of sp³-hybridized carbons (Fsp3) is 0.0769. The molecule has 0 amide bonds. The SMILES string of the molecule is O=C(O)c1ccc(OCc2ccc(Br)cn2)c(F)c1. The van der Waals surface area contributed by atoms with Crippen molar-refractivity contribution in [1.82, 2.24) is 4.98 Å². The van der Waals surface area contributed by atoms with Crippen LogP contribution in [0.15, 0.2) is 41.0 Å². The van der Waals surface area contributed by atoms with E-state index in [1.165, 1.54) is 12.1 Å². The van der Waals surface area contributed by atoms with E-state index in [9.17, 15) is 9.18 Å². The normalized spacial score (nSPS) is 10.2. The predicted molar refractivity (Wildman–Crippen MR) is 69.6 cm³/mol. The number of carboxylic acids is 1. The van der Waals surface area contributed by atoms with Crippen LogP contribution in [0.4, 0.5) is 4.39 Å². The van der Waals surface area contributed by atoms with Gasteiger partial charge in [-0.2, -0.15) is 0 Å². The zero-order valence-corrected chi connectivity index (χ0v) is 11.2. The summed E-state index contributed by atoms with van der Waals surface area (Å²) in [6.07, 6.45) is 1.61. The first-order valence-corrected chi connectivity index (χ1v) is 6.11. The van der Waals surface area contributed by atoms with Crippen molar-refractivity contribution in [2.75, 3.05) is 0 Å². The van der Waals surface area contributed by atoms with E-state index in [4.69, 9.17) is 9.84 Å². The number of pyridine rings is 1. The Morgan fingerprint density at radius 3 is 2.74 bits per heavy atom. The van der Waals surface area contributed by atoms with E-state index in [0.29, 0.717) is 5.69 Å². The summed E-state index contributed by atoms with van der Waals surface area (Å²) in [6, 6.07) is 7.04. The van der Waals surface area contributed by atoms with Gasteiger partial charge in [0.15, 0.2) is 11.6 Å². The lowest BCUT2D eigenvalue weighted by Crippen LogP contribution is -2.02. The van der Waals surface area contributed by atoms with Crippen LogP contribution in [0, 0.1) is 5.82 Å². The maximum atomic E-state index is 13.6. The molecule has 0 aliphatic carbocycles. The van der Waals surface area contributed by atoms with Gasteiger partial charge in [0, 0.05) is 10.7 Å². The Morgan fingerprint density at radius 1 is 1.37 bits per heavy atom. The van der Waals surface area contributed by atoms with Gasteiger partial charge in [-0.1, -0.05) is 0 Å². The smallest absolute Gasteiger partial charge is 0.335 e. The number of rotatable bonds is 4. The number of benzene rings is 1. The van der Waals surface area contributed by atoms with Crippen LogP contribution in [-0.2, 0) is 6.61 Å². The molecule has 0 fully saturated rings. The minimum Gasteiger partial charge on any atom is -0.484 e. The number of nitrogens with zero attached hydrogens (tertiary/aromatic N) is 1. The van der Waals surface area contributed by atoms with E-state index in [1.807, 2.05) is 0 Å². The van der Waals surface area contributed by atoms with E-state index in [2.05, 4.69) is 20.9 Å². The fourth-order valence-electron chi connectivity index (χ4n) is 1.39. The summed E-state index contributed by atoms with van der Waals surface area (Å²) in [7, 11) is 0. The molecule has 2 rings (SSSR count). The summed E-state index contributed by atoms with van der Waals surface area (Å²) in [5.74, 6) is -1.90. The van der Waals surface area contributed by atoms with Gasteiger partial charge in [-0.25, -0.2) is 9.18 Å². The number of carbonyl (C=O) groups is 1. The van der Waals surface area contributed by atoms with Gasteiger partial charge >= 0.3 is 5.97 Å². The number of carboxylic acid groups (broad SMARTS) is 1. The van der Waals surface area contributed by atoms with E-state index in [1.54, 1.807) is 18.3 Å². The van der Waals surface area contributed by atoms with Crippen molar-refractivity contribution < 1.29 is 19.0 Å². The standard InChI is InChI=1S/C13H9BrFNO3/c14-9-2-3-10(16-6-9)7-19-12-4-1-8(13(17)18)5-11(12)15/h1-6H,7H2,(H,17,18). The number of hydrogen-bond donors (Lipinski definition) is 1. The summed E-state index contributed by atoms with van der Waals surface area (Å²) in [5.41, 5.74) is 0.525. The molecule has 1 N–H and O–H groups in total. The van der Waals surface area contributed by atoms with Crippen LogP contribution in [0.2, 0.25) is 0 Å². The molecule has 0 unspecified atom stereocenters. The van der Waals surface area contributed by atoms with Crippen LogP contribution in [-0.4, -0.2) is 16.1 Å². The average molecular weight is 326 g/mol. The summed E-state index contributed by atoms with van der Waals surface area (Å²) >= 11 is 3.26. The van der Waals surface area contributed by atoms with Gasteiger partial charge in [-0.05, 0) is 46.3 Å². The van der Waals surface area contributed by atoms with Crippen molar-refractivity contribution in [2.24, 2.45) is 0 Å². The Morgan fingerprint density at radius 2 is 2.16 bits per heavy atom. The minimum atomic E-state index is -1.18. The first-order chi connectivity index (χ1) is 9.06. The third kappa shape index (κ3) is 3.51. The van der Waals surface area contributed by atoms with Gasteiger partial charge in [-0.15, -0.1) is 0 Å². The molecular formula is C13H9BrFNO3. The lowest BCUT2D eigenvalue weighted by molar-refractivity contribution is 0.0696. The first kappa shape index (κ1) is 13.5. The molecule has 4 nitrogen and oxygen atoms in total. The second-order valence-electron chi connectivity index (χ2n) is 3.71. The zero-order valence-electron chi connectivity index (χ0n) is 9.64. The molecule has 1 aromatic heterocycles. The summed E-state index contributed by atoms with van der Waals surface area (Å²) in [4.78, 5) is 14.7. The van der Waals surface area contributed by atoms with Crippen molar-refractivity contribution in [2.45, 2.75) is 6.61 Å². The van der Waals surface area contributed by atoms with Crippen LogP contribution in [0.5, 0.6) is 5.75 Å². The number of aromatic carboxylic acids is 1. The molecule has 0 saturated heterocycles. The second kappa shape index (κ2) is 5.79. The van der Waals surface area contributed by atoms with E-state index < -0.39 is 11.8 Å². The Bertz CT molecular complexity index is 601. The summed E-state index contributed by atoms with van der Waals surface area (Å²) in [5, 5.41) is 8.71. The lowest BCUT2D eigenvalue weighted by atomic mass is 10.2. The summed E-state index contributed by atoms with van der Waals surface area (Å²) < 4.78 is 19.7. The van der Waals surface area contributed by atoms with Gasteiger partial charge < -0.3 is 9.84 Å². The van der Waals surface area contributed by atoms with Crippen molar-refractivity contribution in [3.8, 4) is 5.75 Å². The Hall–Kier alpha value is -1.95. The van der Waals surface area contributed by atoms with Gasteiger partial charge in [0.05, 0.1) is 11.3 Å². The molecule has 0 aliphatic heterocycles. The van der Waals surface area contributed by atoms with Crippen LogP contribution in [0.3, 0.4) is 0 Å². The monoisotopic (exact) mass is 325 g/mol. The molecule has 19 heavy (non-hydrogen) atoms. The highest BCUT2D eigenvalue weighted by molar-refractivity contribution is 9.10. The number of aromatic nitrogens is 1. The van der Waals surface area contributed by atoms with Gasteiger partial charge in [0.2, 0.25) is 0 Å². The number of ether oxygens (including phenoxy) is 1. The maximum absolute atomic E-state index is 13.6. The predicted octanol–water partition coefficient (Wildman–Crippen LogP) is 3.26. The molecule has 98 valence electrons. The Balaban J connectivity index is 2.07. The molecule has 0 radical (unpaired) electrons. The minimum absolute atomic E-state index is 0.00489. The topological polar surface area (TPSA) is 59.4 Å². The van der Waals surface area contributed by atoms with E-state index >= 15 is 0 Å². The molecular weight excluding hydrogens is 317 g/mol. The first-order valence-electron chi connectivity index (χ1n) is 5.32. The van der Waals surface area contributed by atoms with Crippen molar-refractivity contribution >= 4 is 21.9 Å². The van der Waals surface area contributed by atoms with Crippen LogP contribution in [0.1, 0.15) is 16.1 Å². The molecule has 2 aromatic rings. The third-order valence-corrected chi connectivity index (χ3v) is 2.81. The molecule has 6 heteroatoms. The van der Waals surface area contributed by atoms with E-state index in [0.717, 1.165) is 10.5 Å². The van der Waals surface area contributed by atoms with Crippen LogP contribution in [0.25, 0.3) is 0 Å². The molecule has 0 bridgehead atoms. The molecule has 0 spiro atoms. The molecule has 0 saturated carbocycles. The summed E-state index contributed by atoms with van der Waals surface area (Å²) in [6.45, 7) is 0.108. The fourth-order valence-corrected chi connectivity index (χ4v) is 1.63. The van der Waals surface area contributed by atoms with Gasteiger partial charge in [0.1, 0.15) is 6.61 Å². The highest BCUT2D eigenvalue weighted by Gasteiger charge is 2.09.